The quantitative estimate of drug-likeness (QED) is 0.600. The van der Waals surface area contributed by atoms with Crippen LogP contribution >= 0.6 is 23.4 Å². The van der Waals surface area contributed by atoms with Gasteiger partial charge in [0.15, 0.2) is 0 Å². The number of furan rings is 1. The van der Waals surface area contributed by atoms with Crippen LogP contribution in [0.15, 0.2) is 75.1 Å². The molecule has 2 aromatic carbocycles. The van der Waals surface area contributed by atoms with Gasteiger partial charge in [-0.15, -0.1) is 0 Å². The first kappa shape index (κ1) is 19.4. The molecule has 0 bridgehead atoms. The third-order valence-corrected chi connectivity index (χ3v) is 5.78. The molecular weight excluding hydrogens is 408 g/mol. The molecule has 3 aromatic rings. The van der Waals surface area contributed by atoms with E-state index in [0.29, 0.717) is 33.5 Å². The largest absolute Gasteiger partial charge is 0.467 e. The van der Waals surface area contributed by atoms with Crippen LogP contribution in [0.25, 0.3) is 6.08 Å². The molecule has 0 radical (unpaired) electrons. The molecule has 2 amide bonds. The summed E-state index contributed by atoms with van der Waals surface area (Å²) < 4.78 is 5.22. The average Bonchev–Trinajstić information content (AvgIpc) is 3.23. The number of nitrogens with one attached hydrogen (secondary N) is 1. The standard InChI is InChI=1S/C22H17ClN2O3S/c1-25-18-12-15(21(26)24-13-17-6-3-9-28-17)7-8-19(18)29-20(22(25)27)11-14-4-2-5-16(23)10-14/h2-12H,13H2,1H3,(H,24,26)/b20-11-. The molecule has 0 spiro atoms. The average molecular weight is 425 g/mol. The first-order valence-corrected chi connectivity index (χ1v) is 10.1. The molecule has 0 atom stereocenters. The van der Waals surface area contributed by atoms with Crippen molar-refractivity contribution in [2.45, 2.75) is 11.4 Å². The predicted molar refractivity (Wildman–Crippen MR) is 115 cm³/mol. The van der Waals surface area contributed by atoms with Gasteiger partial charge in [-0.25, -0.2) is 0 Å². The van der Waals surface area contributed by atoms with E-state index < -0.39 is 0 Å². The molecule has 146 valence electrons. The Bertz CT molecular complexity index is 1110. The third kappa shape index (κ3) is 4.23. The number of benzene rings is 2. The van der Waals surface area contributed by atoms with Crippen molar-refractivity contribution in [2.24, 2.45) is 0 Å². The summed E-state index contributed by atoms with van der Waals surface area (Å²) in [5.41, 5.74) is 2.05. The monoisotopic (exact) mass is 424 g/mol. The van der Waals surface area contributed by atoms with E-state index in [1.807, 2.05) is 30.3 Å². The lowest BCUT2D eigenvalue weighted by Gasteiger charge is -2.27. The molecule has 1 aromatic heterocycles. The number of carbonyl (C=O) groups excluding carboxylic acids is 2. The van der Waals surface area contributed by atoms with E-state index in [4.69, 9.17) is 16.0 Å². The number of rotatable bonds is 4. The van der Waals surface area contributed by atoms with E-state index in [9.17, 15) is 9.59 Å². The zero-order chi connectivity index (χ0) is 20.4. The second-order valence-corrected chi connectivity index (χ2v) is 7.99. The topological polar surface area (TPSA) is 62.6 Å². The number of amides is 2. The lowest BCUT2D eigenvalue weighted by molar-refractivity contribution is -0.114. The van der Waals surface area contributed by atoms with Crippen LogP contribution in [0.3, 0.4) is 0 Å². The Morgan fingerprint density at radius 3 is 2.83 bits per heavy atom. The number of carbonyl (C=O) groups is 2. The van der Waals surface area contributed by atoms with Crippen molar-refractivity contribution in [3.05, 3.63) is 87.7 Å². The number of likely N-dealkylation sites (N-methyl/N-ethyl adjacent to an activating group) is 1. The maximum atomic E-state index is 12.8. The van der Waals surface area contributed by atoms with Crippen molar-refractivity contribution in [3.8, 4) is 0 Å². The second-order valence-electron chi connectivity index (χ2n) is 6.47. The Morgan fingerprint density at radius 1 is 1.21 bits per heavy atom. The van der Waals surface area contributed by atoms with E-state index in [2.05, 4.69) is 5.32 Å². The summed E-state index contributed by atoms with van der Waals surface area (Å²) in [6.45, 7) is 0.305. The molecule has 29 heavy (non-hydrogen) atoms. The van der Waals surface area contributed by atoms with Crippen LogP contribution in [0.2, 0.25) is 5.02 Å². The van der Waals surface area contributed by atoms with Gasteiger partial charge in [0.25, 0.3) is 11.8 Å². The molecule has 0 aliphatic carbocycles. The Hall–Kier alpha value is -2.96. The summed E-state index contributed by atoms with van der Waals surface area (Å²) >= 11 is 7.42. The molecular formula is C22H17ClN2O3S. The van der Waals surface area contributed by atoms with Gasteiger partial charge in [-0.2, -0.15) is 0 Å². The third-order valence-electron chi connectivity index (χ3n) is 4.47. The first-order valence-electron chi connectivity index (χ1n) is 8.89. The van der Waals surface area contributed by atoms with Gasteiger partial charge in [0.05, 0.1) is 23.4 Å². The molecule has 4 rings (SSSR count). The van der Waals surface area contributed by atoms with Crippen molar-refractivity contribution in [3.63, 3.8) is 0 Å². The fraction of sp³-hybridized carbons (Fsp3) is 0.0909. The van der Waals surface area contributed by atoms with Crippen LogP contribution in [-0.4, -0.2) is 18.9 Å². The van der Waals surface area contributed by atoms with Crippen LogP contribution in [0.4, 0.5) is 5.69 Å². The van der Waals surface area contributed by atoms with Crippen molar-refractivity contribution in [2.75, 3.05) is 11.9 Å². The summed E-state index contributed by atoms with van der Waals surface area (Å²) in [6, 6.07) is 16.3. The maximum Gasteiger partial charge on any atom is 0.264 e. The van der Waals surface area contributed by atoms with E-state index in [-0.39, 0.29) is 11.8 Å². The summed E-state index contributed by atoms with van der Waals surface area (Å²) in [6.07, 6.45) is 3.38. The first-order chi connectivity index (χ1) is 14.0. The normalized spacial score (nSPS) is 14.8. The SMILES string of the molecule is CN1C(=O)/C(=C/c2cccc(Cl)c2)Sc2ccc(C(=O)NCc3ccco3)cc21. The summed E-state index contributed by atoms with van der Waals surface area (Å²) in [5, 5.41) is 3.43. The van der Waals surface area contributed by atoms with E-state index in [1.54, 1.807) is 48.5 Å². The van der Waals surface area contributed by atoms with Gasteiger partial charge in [0.2, 0.25) is 0 Å². The van der Waals surface area contributed by atoms with Crippen LogP contribution < -0.4 is 10.2 Å². The lowest BCUT2D eigenvalue weighted by Crippen LogP contribution is -2.31. The van der Waals surface area contributed by atoms with Crippen molar-refractivity contribution >= 4 is 46.9 Å². The summed E-state index contributed by atoms with van der Waals surface area (Å²) in [7, 11) is 1.71. The molecule has 7 heteroatoms. The molecule has 1 aliphatic heterocycles. The fourth-order valence-electron chi connectivity index (χ4n) is 2.97. The Labute approximate surface area is 177 Å². The van der Waals surface area contributed by atoms with E-state index in [0.717, 1.165) is 10.5 Å². The minimum Gasteiger partial charge on any atom is -0.467 e. The Kier molecular flexibility index (Phi) is 5.47. The van der Waals surface area contributed by atoms with Gasteiger partial charge in [-0.05, 0) is 54.1 Å². The molecule has 0 saturated carbocycles. The number of hydrogen-bond acceptors (Lipinski definition) is 4. The minimum absolute atomic E-state index is 0.129. The van der Waals surface area contributed by atoms with Gasteiger partial charge < -0.3 is 14.6 Å². The van der Waals surface area contributed by atoms with Gasteiger partial charge in [0, 0.05) is 22.5 Å². The van der Waals surface area contributed by atoms with Crippen molar-refractivity contribution in [1.82, 2.24) is 5.32 Å². The van der Waals surface area contributed by atoms with Gasteiger partial charge in [0.1, 0.15) is 5.76 Å². The van der Waals surface area contributed by atoms with Crippen molar-refractivity contribution < 1.29 is 14.0 Å². The number of thioether (sulfide) groups is 1. The van der Waals surface area contributed by atoms with Crippen LogP contribution in [0.1, 0.15) is 21.7 Å². The lowest BCUT2D eigenvalue weighted by atomic mass is 10.1. The fourth-order valence-corrected chi connectivity index (χ4v) is 4.26. The highest BCUT2D eigenvalue weighted by Gasteiger charge is 2.27. The highest BCUT2D eigenvalue weighted by atomic mass is 35.5. The number of anilines is 1. The van der Waals surface area contributed by atoms with Crippen LogP contribution in [0.5, 0.6) is 0 Å². The molecule has 2 heterocycles. The second kappa shape index (κ2) is 8.19. The van der Waals surface area contributed by atoms with Crippen LogP contribution in [0, 0.1) is 0 Å². The Morgan fingerprint density at radius 2 is 2.07 bits per heavy atom. The van der Waals surface area contributed by atoms with E-state index in [1.165, 1.54) is 11.8 Å². The minimum atomic E-state index is -0.227. The molecule has 0 unspecified atom stereocenters. The number of hydrogen-bond donors (Lipinski definition) is 1. The molecule has 0 saturated heterocycles. The summed E-state index contributed by atoms with van der Waals surface area (Å²) in [4.78, 5) is 28.4. The summed E-state index contributed by atoms with van der Waals surface area (Å²) in [5.74, 6) is 0.320. The Balaban J connectivity index is 1.56. The smallest absolute Gasteiger partial charge is 0.264 e. The molecule has 1 aliphatic rings. The number of fused-ring (bicyclic) bond motifs is 1. The highest BCUT2D eigenvalue weighted by molar-refractivity contribution is 8.04. The number of nitrogens with zero attached hydrogens (tertiary/aromatic N) is 1. The van der Waals surface area contributed by atoms with Gasteiger partial charge >= 0.3 is 0 Å². The maximum absolute atomic E-state index is 12.8. The predicted octanol–water partition coefficient (Wildman–Crippen LogP) is 4.97. The number of halogens is 1. The van der Waals surface area contributed by atoms with Gasteiger partial charge in [-0.1, -0.05) is 35.5 Å². The van der Waals surface area contributed by atoms with Crippen molar-refractivity contribution in [1.29, 1.82) is 0 Å². The highest BCUT2D eigenvalue weighted by Crippen LogP contribution is 2.42. The zero-order valence-electron chi connectivity index (χ0n) is 15.5. The van der Waals surface area contributed by atoms with E-state index >= 15 is 0 Å². The molecule has 5 nitrogen and oxygen atoms in total. The van der Waals surface area contributed by atoms with Gasteiger partial charge in [-0.3, -0.25) is 9.59 Å². The zero-order valence-corrected chi connectivity index (χ0v) is 17.1. The van der Waals surface area contributed by atoms with Crippen LogP contribution in [-0.2, 0) is 11.3 Å². The molecule has 1 N–H and O–H groups in total. The molecule has 0 fully saturated rings.